The molecule has 0 saturated heterocycles. The molecule has 102 valence electrons. The Morgan fingerprint density at radius 1 is 1.40 bits per heavy atom. The number of thiophene rings is 1. The van der Waals surface area contributed by atoms with Gasteiger partial charge in [0.05, 0.1) is 16.0 Å². The molecule has 8 heteroatoms. The maximum Gasteiger partial charge on any atom is 0.271 e. The molecular weight excluding hydrogens is 285 g/mol. The van der Waals surface area contributed by atoms with Crippen molar-refractivity contribution in [2.75, 3.05) is 0 Å². The average molecular weight is 293 g/mol. The fraction of sp³-hybridized carbons (Fsp3) is 0. The van der Waals surface area contributed by atoms with Crippen LogP contribution in [-0.2, 0) is 0 Å². The molecule has 0 fully saturated rings. The molecule has 0 spiro atoms. The van der Waals surface area contributed by atoms with Gasteiger partial charge in [0.15, 0.2) is 5.13 Å². The molecule has 1 amide bonds. The standard InChI is InChI=1S/C12H8FN3O3S/c13-11-5-4-10(20-11)7-14-15-12(17)8-2-1-3-9(6-8)16(18)19/h1-7H,(H,15,17). The molecule has 1 aromatic carbocycles. The molecule has 0 aliphatic heterocycles. The molecule has 2 aromatic rings. The average Bonchev–Trinajstić information content (AvgIpc) is 2.84. The third-order valence-corrected chi connectivity index (χ3v) is 3.08. The highest BCUT2D eigenvalue weighted by molar-refractivity contribution is 7.12. The Bertz CT molecular complexity index is 684. The van der Waals surface area contributed by atoms with E-state index in [1.807, 2.05) is 0 Å². The van der Waals surface area contributed by atoms with Crippen LogP contribution in [0.2, 0.25) is 0 Å². The molecule has 6 nitrogen and oxygen atoms in total. The topological polar surface area (TPSA) is 84.6 Å². The Labute approximate surface area is 116 Å². The van der Waals surface area contributed by atoms with Crippen LogP contribution in [0.3, 0.4) is 0 Å². The van der Waals surface area contributed by atoms with E-state index in [0.29, 0.717) is 4.88 Å². The van der Waals surface area contributed by atoms with Crippen LogP contribution in [-0.4, -0.2) is 17.0 Å². The molecule has 1 heterocycles. The van der Waals surface area contributed by atoms with Gasteiger partial charge in [-0.3, -0.25) is 14.9 Å². The number of nitro groups is 1. The SMILES string of the molecule is O=C(NN=Cc1ccc(F)s1)c1cccc([N+](=O)[O-])c1. The van der Waals surface area contributed by atoms with E-state index in [4.69, 9.17) is 0 Å². The smallest absolute Gasteiger partial charge is 0.267 e. The van der Waals surface area contributed by atoms with E-state index in [2.05, 4.69) is 10.5 Å². The number of nitrogens with zero attached hydrogens (tertiary/aromatic N) is 2. The summed E-state index contributed by atoms with van der Waals surface area (Å²) < 4.78 is 12.7. The normalized spacial score (nSPS) is 10.7. The van der Waals surface area contributed by atoms with Crippen molar-refractivity contribution in [2.24, 2.45) is 5.10 Å². The molecule has 20 heavy (non-hydrogen) atoms. The first-order valence-corrected chi connectivity index (χ1v) is 6.21. The number of halogens is 1. The predicted molar refractivity (Wildman–Crippen MR) is 72.4 cm³/mol. The van der Waals surface area contributed by atoms with Crippen molar-refractivity contribution in [1.82, 2.24) is 5.43 Å². The second-order valence-corrected chi connectivity index (χ2v) is 4.71. The Hall–Kier alpha value is -2.61. The van der Waals surface area contributed by atoms with Crippen LogP contribution in [0.15, 0.2) is 41.5 Å². The van der Waals surface area contributed by atoms with Gasteiger partial charge in [-0.05, 0) is 18.2 Å². The van der Waals surface area contributed by atoms with Crippen molar-refractivity contribution in [3.05, 3.63) is 62.1 Å². The number of hydrazone groups is 1. The van der Waals surface area contributed by atoms with E-state index in [-0.39, 0.29) is 16.4 Å². The number of hydrogen-bond donors (Lipinski definition) is 1. The van der Waals surface area contributed by atoms with Gasteiger partial charge in [-0.2, -0.15) is 9.49 Å². The predicted octanol–water partition coefficient (Wildman–Crippen LogP) is 2.56. The third kappa shape index (κ3) is 3.45. The molecule has 0 bridgehead atoms. The summed E-state index contributed by atoms with van der Waals surface area (Å²) in [4.78, 5) is 22.2. The molecule has 1 N–H and O–H groups in total. The van der Waals surface area contributed by atoms with Crippen LogP contribution in [0, 0.1) is 15.2 Å². The minimum atomic E-state index is -0.589. The first-order valence-electron chi connectivity index (χ1n) is 5.39. The van der Waals surface area contributed by atoms with E-state index in [9.17, 15) is 19.3 Å². The summed E-state index contributed by atoms with van der Waals surface area (Å²) in [6.07, 6.45) is 1.29. The summed E-state index contributed by atoms with van der Waals surface area (Å²) in [5.41, 5.74) is 2.16. The molecule has 0 atom stereocenters. The minimum absolute atomic E-state index is 0.119. The zero-order valence-electron chi connectivity index (χ0n) is 9.95. The van der Waals surface area contributed by atoms with Gasteiger partial charge in [-0.1, -0.05) is 6.07 Å². The van der Waals surface area contributed by atoms with Gasteiger partial charge in [-0.25, -0.2) is 5.43 Å². The number of nitro benzene ring substituents is 1. The summed E-state index contributed by atoms with van der Waals surface area (Å²) in [6, 6.07) is 8.08. The van der Waals surface area contributed by atoms with Gasteiger partial charge in [0.1, 0.15) is 0 Å². The molecule has 0 radical (unpaired) electrons. The molecule has 2 rings (SSSR count). The maximum absolute atomic E-state index is 12.7. The van der Waals surface area contributed by atoms with Gasteiger partial charge in [0.2, 0.25) is 0 Å². The van der Waals surface area contributed by atoms with Gasteiger partial charge in [0, 0.05) is 17.7 Å². The first kappa shape index (κ1) is 13.8. The Balaban J connectivity index is 2.03. The Morgan fingerprint density at radius 3 is 2.85 bits per heavy atom. The number of hydrogen-bond acceptors (Lipinski definition) is 5. The number of carbonyl (C=O) groups excluding carboxylic acids is 1. The molecule has 0 saturated carbocycles. The van der Waals surface area contributed by atoms with Crippen LogP contribution in [0.5, 0.6) is 0 Å². The van der Waals surface area contributed by atoms with Gasteiger partial charge in [-0.15, -0.1) is 11.3 Å². The highest BCUT2D eigenvalue weighted by Crippen LogP contribution is 2.13. The van der Waals surface area contributed by atoms with Crippen LogP contribution in [0.4, 0.5) is 10.1 Å². The summed E-state index contributed by atoms with van der Waals surface area (Å²) in [5.74, 6) is -0.582. The third-order valence-electron chi connectivity index (χ3n) is 2.27. The number of amides is 1. The Kier molecular flexibility index (Phi) is 4.16. The largest absolute Gasteiger partial charge is 0.271 e. The first-order chi connectivity index (χ1) is 9.56. The van der Waals surface area contributed by atoms with Gasteiger partial charge < -0.3 is 0 Å². The van der Waals surface area contributed by atoms with Crippen LogP contribution >= 0.6 is 11.3 Å². The lowest BCUT2D eigenvalue weighted by Gasteiger charge is -1.99. The summed E-state index contributed by atoms with van der Waals surface area (Å²) in [5, 5.41) is 13.9. The van der Waals surface area contributed by atoms with Crippen LogP contribution < -0.4 is 5.43 Å². The van der Waals surface area contributed by atoms with E-state index < -0.39 is 10.8 Å². The summed E-state index contributed by atoms with van der Waals surface area (Å²) in [6.45, 7) is 0. The van der Waals surface area contributed by atoms with Crippen molar-refractivity contribution in [2.45, 2.75) is 0 Å². The van der Waals surface area contributed by atoms with E-state index >= 15 is 0 Å². The number of nitrogens with one attached hydrogen (secondary N) is 1. The Morgan fingerprint density at radius 2 is 2.20 bits per heavy atom. The minimum Gasteiger partial charge on any atom is -0.267 e. The van der Waals surface area contributed by atoms with E-state index in [1.54, 1.807) is 0 Å². The fourth-order valence-corrected chi connectivity index (χ4v) is 1.98. The molecule has 0 aliphatic carbocycles. The number of non-ortho nitro benzene ring substituents is 1. The van der Waals surface area contributed by atoms with Crippen LogP contribution in [0.1, 0.15) is 15.2 Å². The second kappa shape index (κ2) is 6.02. The van der Waals surface area contributed by atoms with Crippen molar-refractivity contribution in [3.8, 4) is 0 Å². The second-order valence-electron chi connectivity index (χ2n) is 3.65. The highest BCUT2D eigenvalue weighted by Gasteiger charge is 2.10. The monoisotopic (exact) mass is 293 g/mol. The number of benzene rings is 1. The van der Waals surface area contributed by atoms with Crippen molar-refractivity contribution in [1.29, 1.82) is 0 Å². The molecule has 0 unspecified atom stereocenters. The lowest BCUT2D eigenvalue weighted by molar-refractivity contribution is -0.384. The zero-order chi connectivity index (χ0) is 14.5. The van der Waals surface area contributed by atoms with E-state index in [1.165, 1.54) is 36.5 Å². The lowest BCUT2D eigenvalue weighted by atomic mass is 10.2. The van der Waals surface area contributed by atoms with Crippen molar-refractivity contribution < 1.29 is 14.1 Å². The number of carbonyl (C=O) groups is 1. The molecule has 1 aromatic heterocycles. The van der Waals surface area contributed by atoms with Crippen molar-refractivity contribution >= 4 is 29.1 Å². The van der Waals surface area contributed by atoms with Gasteiger partial charge >= 0.3 is 0 Å². The molecular formula is C12H8FN3O3S. The van der Waals surface area contributed by atoms with Crippen molar-refractivity contribution in [3.63, 3.8) is 0 Å². The summed E-state index contributed by atoms with van der Waals surface area (Å²) in [7, 11) is 0. The van der Waals surface area contributed by atoms with Crippen LogP contribution in [0.25, 0.3) is 0 Å². The number of rotatable bonds is 4. The fourth-order valence-electron chi connectivity index (χ4n) is 1.38. The quantitative estimate of drug-likeness (QED) is 0.534. The van der Waals surface area contributed by atoms with Gasteiger partial charge in [0.25, 0.3) is 11.6 Å². The highest BCUT2D eigenvalue weighted by atomic mass is 32.1. The summed E-state index contributed by atoms with van der Waals surface area (Å²) >= 11 is 0.885. The maximum atomic E-state index is 12.7. The zero-order valence-corrected chi connectivity index (χ0v) is 10.8. The molecule has 0 aliphatic rings. The lowest BCUT2D eigenvalue weighted by Crippen LogP contribution is -2.17. The van der Waals surface area contributed by atoms with E-state index in [0.717, 1.165) is 17.4 Å².